The van der Waals surface area contributed by atoms with Crippen LogP contribution in [0.25, 0.3) is 0 Å². The fraction of sp³-hybridized carbons (Fsp3) is 0.556. The summed E-state index contributed by atoms with van der Waals surface area (Å²) in [6, 6.07) is 7.64. The van der Waals surface area contributed by atoms with E-state index in [2.05, 4.69) is 5.32 Å². The molecule has 1 N–H and O–H groups in total. The van der Waals surface area contributed by atoms with Gasteiger partial charge in [-0.2, -0.15) is 0 Å². The zero-order valence-corrected chi connectivity index (χ0v) is 16.0. The van der Waals surface area contributed by atoms with Crippen molar-refractivity contribution in [2.75, 3.05) is 24.7 Å². The summed E-state index contributed by atoms with van der Waals surface area (Å²) < 4.78 is 0. The number of nitrogens with one attached hydrogen (secondary N) is 1. The van der Waals surface area contributed by atoms with Gasteiger partial charge in [0.2, 0.25) is 11.8 Å². The second-order valence-corrected chi connectivity index (χ2v) is 9.03. The molecular weight excluding hydrogens is 340 g/mol. The van der Waals surface area contributed by atoms with E-state index in [-0.39, 0.29) is 18.4 Å². The van der Waals surface area contributed by atoms with Gasteiger partial charge in [-0.05, 0) is 38.3 Å². The quantitative estimate of drug-likeness (QED) is 0.556. The highest BCUT2D eigenvalue weighted by molar-refractivity contribution is 8.77. The van der Waals surface area contributed by atoms with Crippen molar-refractivity contribution in [3.05, 3.63) is 29.8 Å². The largest absolute Gasteiger partial charge is 0.336 e. The third-order valence-corrected chi connectivity index (χ3v) is 7.04. The monoisotopic (exact) mass is 366 g/mol. The first kappa shape index (κ1) is 19.2. The zero-order chi connectivity index (χ0) is 17.4. The predicted octanol–water partition coefficient (Wildman–Crippen LogP) is 4.11. The molecule has 0 unspecified atom stereocenters. The molecule has 0 spiro atoms. The molecule has 1 aliphatic heterocycles. The average Bonchev–Trinajstić information content (AvgIpc) is 3.06. The maximum Gasteiger partial charge on any atom is 0.243 e. The Morgan fingerprint density at radius 1 is 1.25 bits per heavy atom. The fourth-order valence-electron chi connectivity index (χ4n) is 2.54. The van der Waals surface area contributed by atoms with Crippen LogP contribution < -0.4 is 5.32 Å². The molecule has 6 heteroatoms. The number of aryl methyl sites for hydroxylation is 1. The number of hydrogen-bond acceptors (Lipinski definition) is 4. The van der Waals surface area contributed by atoms with E-state index in [1.807, 2.05) is 52.8 Å². The van der Waals surface area contributed by atoms with E-state index < -0.39 is 0 Å². The first-order valence-electron chi connectivity index (χ1n) is 8.43. The molecule has 1 aliphatic rings. The van der Waals surface area contributed by atoms with Gasteiger partial charge in [0, 0.05) is 30.2 Å². The van der Waals surface area contributed by atoms with Crippen LogP contribution in [0.3, 0.4) is 0 Å². The second-order valence-electron chi connectivity index (χ2n) is 6.24. The van der Waals surface area contributed by atoms with Crippen molar-refractivity contribution in [1.29, 1.82) is 0 Å². The van der Waals surface area contributed by atoms with Gasteiger partial charge in [0.25, 0.3) is 0 Å². The van der Waals surface area contributed by atoms with Crippen molar-refractivity contribution >= 4 is 39.1 Å². The van der Waals surface area contributed by atoms with Gasteiger partial charge in [-0.15, -0.1) is 0 Å². The van der Waals surface area contributed by atoms with E-state index in [1.54, 1.807) is 7.05 Å². The van der Waals surface area contributed by atoms with Crippen LogP contribution in [0.1, 0.15) is 37.7 Å². The Kier molecular flexibility index (Phi) is 7.99. The van der Waals surface area contributed by atoms with Gasteiger partial charge in [-0.25, -0.2) is 0 Å². The van der Waals surface area contributed by atoms with Crippen LogP contribution in [0, 0.1) is 6.92 Å². The summed E-state index contributed by atoms with van der Waals surface area (Å²) in [5.74, 6) is 1.14. The molecule has 24 heavy (non-hydrogen) atoms. The van der Waals surface area contributed by atoms with Gasteiger partial charge in [0.1, 0.15) is 0 Å². The van der Waals surface area contributed by atoms with Gasteiger partial charge >= 0.3 is 0 Å². The van der Waals surface area contributed by atoms with Crippen molar-refractivity contribution in [3.63, 3.8) is 0 Å². The Morgan fingerprint density at radius 2 is 2.00 bits per heavy atom. The molecule has 1 saturated heterocycles. The summed E-state index contributed by atoms with van der Waals surface area (Å²) in [4.78, 5) is 25.6. The van der Waals surface area contributed by atoms with Gasteiger partial charge in [-0.1, -0.05) is 45.7 Å². The highest BCUT2D eigenvalue weighted by Crippen LogP contribution is 2.39. The van der Waals surface area contributed by atoms with Crippen molar-refractivity contribution in [3.8, 4) is 0 Å². The van der Waals surface area contributed by atoms with Crippen LogP contribution in [-0.2, 0) is 9.59 Å². The number of benzene rings is 1. The van der Waals surface area contributed by atoms with Gasteiger partial charge in [-0.3, -0.25) is 9.59 Å². The van der Waals surface area contributed by atoms with Gasteiger partial charge in [0.15, 0.2) is 0 Å². The van der Waals surface area contributed by atoms with E-state index in [4.69, 9.17) is 0 Å². The number of carbonyl (C=O) groups is 2. The molecule has 1 atom stereocenters. The Balaban J connectivity index is 1.62. The lowest BCUT2D eigenvalue weighted by atomic mass is 10.1. The highest BCUT2D eigenvalue weighted by Gasteiger charge is 2.17. The minimum Gasteiger partial charge on any atom is -0.336 e. The van der Waals surface area contributed by atoms with Crippen LogP contribution in [-0.4, -0.2) is 41.3 Å². The van der Waals surface area contributed by atoms with E-state index in [0.29, 0.717) is 6.42 Å². The zero-order valence-electron chi connectivity index (χ0n) is 14.4. The summed E-state index contributed by atoms with van der Waals surface area (Å²) >= 11 is 0. The number of carbonyl (C=O) groups excluding carboxylic acids is 2. The second kappa shape index (κ2) is 9.99. The summed E-state index contributed by atoms with van der Waals surface area (Å²) in [5.41, 5.74) is 1.91. The lowest BCUT2D eigenvalue weighted by Gasteiger charge is -2.17. The van der Waals surface area contributed by atoms with Gasteiger partial charge < -0.3 is 10.2 Å². The Bertz CT molecular complexity index is 542. The molecule has 1 aromatic rings. The normalized spacial score (nSPS) is 16.8. The molecule has 0 saturated carbocycles. The molecule has 0 radical (unpaired) electrons. The molecule has 1 aromatic carbocycles. The lowest BCUT2D eigenvalue weighted by Crippen LogP contribution is -2.34. The van der Waals surface area contributed by atoms with Crippen LogP contribution in [0.2, 0.25) is 0 Å². The summed E-state index contributed by atoms with van der Waals surface area (Å²) in [5, 5.41) is 3.59. The minimum absolute atomic E-state index is 0.0440. The molecule has 2 rings (SSSR count). The Labute approximate surface area is 152 Å². The molecule has 2 amide bonds. The number of hydrogen-bond donors (Lipinski definition) is 1. The van der Waals surface area contributed by atoms with E-state index in [9.17, 15) is 9.59 Å². The van der Waals surface area contributed by atoms with Crippen LogP contribution in [0.5, 0.6) is 0 Å². The molecule has 4 nitrogen and oxygen atoms in total. The summed E-state index contributed by atoms with van der Waals surface area (Å²) in [6.45, 7) is 2.10. The third-order valence-electron chi connectivity index (χ3n) is 4.04. The number of unbranched alkanes of at least 4 members (excludes halogenated alkanes) is 1. The summed E-state index contributed by atoms with van der Waals surface area (Å²) in [7, 11) is 5.64. The lowest BCUT2D eigenvalue weighted by molar-refractivity contribution is -0.133. The van der Waals surface area contributed by atoms with Crippen LogP contribution in [0.4, 0.5) is 5.69 Å². The number of amides is 2. The molecule has 1 fully saturated rings. The molecule has 1 heterocycles. The maximum atomic E-state index is 12.1. The van der Waals surface area contributed by atoms with Crippen LogP contribution in [0.15, 0.2) is 24.3 Å². The van der Waals surface area contributed by atoms with E-state index in [1.165, 1.54) is 23.5 Å². The van der Waals surface area contributed by atoms with Crippen LogP contribution >= 0.6 is 21.6 Å². The fourth-order valence-corrected chi connectivity index (χ4v) is 5.57. The predicted molar refractivity (Wildman–Crippen MR) is 104 cm³/mol. The van der Waals surface area contributed by atoms with Crippen molar-refractivity contribution in [2.24, 2.45) is 0 Å². The van der Waals surface area contributed by atoms with Crippen molar-refractivity contribution in [1.82, 2.24) is 4.90 Å². The summed E-state index contributed by atoms with van der Waals surface area (Å²) in [6.07, 6.45) is 5.02. The number of nitrogens with zero attached hydrogens (tertiary/aromatic N) is 1. The smallest absolute Gasteiger partial charge is 0.243 e. The number of likely N-dealkylation sites (N-methyl/N-ethyl adjacent to an activating group) is 1. The number of anilines is 1. The van der Waals surface area contributed by atoms with Crippen molar-refractivity contribution in [2.45, 2.75) is 44.3 Å². The first-order chi connectivity index (χ1) is 11.5. The molecule has 132 valence electrons. The highest BCUT2D eigenvalue weighted by atomic mass is 33.1. The molecule has 0 aliphatic carbocycles. The van der Waals surface area contributed by atoms with E-state index in [0.717, 1.165) is 29.3 Å². The minimum atomic E-state index is -0.158. The van der Waals surface area contributed by atoms with Gasteiger partial charge in [0.05, 0.1) is 6.54 Å². The SMILES string of the molecule is Cc1ccc(NC(=O)CN(C)C(=O)CCCC[C@@H]2CCSS2)cc1. The first-order valence-corrected chi connectivity index (χ1v) is 10.8. The standard InChI is InChI=1S/C18H26N2O2S2/c1-14-7-9-15(10-8-14)19-17(21)13-20(2)18(22)6-4-3-5-16-11-12-23-24-16/h7-10,16H,3-6,11-13H2,1-2H3,(H,19,21)/t16-/m1/s1. The maximum absolute atomic E-state index is 12.1. The number of rotatable bonds is 8. The molecule has 0 bridgehead atoms. The molecular formula is C18H26N2O2S2. The van der Waals surface area contributed by atoms with E-state index >= 15 is 0 Å². The average molecular weight is 367 g/mol. The Morgan fingerprint density at radius 3 is 2.67 bits per heavy atom. The third kappa shape index (κ3) is 6.77. The Hall–Kier alpha value is -1.14. The topological polar surface area (TPSA) is 49.4 Å². The molecule has 0 aromatic heterocycles. The van der Waals surface area contributed by atoms with Crippen molar-refractivity contribution < 1.29 is 9.59 Å².